The number of carboxylic acid groups (broad SMARTS) is 1. The molecular weight excluding hydrogens is 304 g/mol. The minimum Gasteiger partial charge on any atom is -0.478 e. The van der Waals surface area contributed by atoms with E-state index in [9.17, 15) is 18.3 Å². The Balaban J connectivity index is 3.02. The van der Waals surface area contributed by atoms with Crippen LogP contribution >= 0.6 is 0 Å². The molecule has 0 unspecified atom stereocenters. The van der Waals surface area contributed by atoms with Gasteiger partial charge in [-0.05, 0) is 30.5 Å². The Morgan fingerprint density at radius 3 is 2.64 bits per heavy atom. The van der Waals surface area contributed by atoms with E-state index in [1.54, 1.807) is 6.08 Å². The van der Waals surface area contributed by atoms with Gasteiger partial charge in [0.2, 0.25) is 10.0 Å². The van der Waals surface area contributed by atoms with E-state index in [1.165, 1.54) is 12.1 Å². The molecule has 0 aliphatic carbocycles. The van der Waals surface area contributed by atoms with Crippen LogP contribution in [0.3, 0.4) is 0 Å². The number of hydrogen-bond donors (Lipinski definition) is 3. The number of benzene rings is 1. The molecule has 122 valence electrons. The first-order chi connectivity index (χ1) is 10.3. The number of carboxylic acids is 1. The van der Waals surface area contributed by atoms with E-state index in [4.69, 9.17) is 0 Å². The van der Waals surface area contributed by atoms with Gasteiger partial charge in [-0.3, -0.25) is 0 Å². The van der Waals surface area contributed by atoms with Gasteiger partial charge in [0, 0.05) is 18.8 Å². The predicted octanol–water partition coefficient (Wildman–Crippen LogP) is 2.31. The lowest BCUT2D eigenvalue weighted by Crippen LogP contribution is -2.26. The summed E-state index contributed by atoms with van der Waals surface area (Å²) in [6.45, 7) is 8.24. The van der Waals surface area contributed by atoms with E-state index in [0.29, 0.717) is 31.1 Å². The van der Waals surface area contributed by atoms with Gasteiger partial charge >= 0.3 is 5.97 Å². The fraction of sp³-hybridized carbons (Fsp3) is 0.400. The molecular formula is C15H22N2O4S. The van der Waals surface area contributed by atoms with Crippen LogP contribution in [0.25, 0.3) is 0 Å². The second kappa shape index (κ2) is 7.95. The molecule has 0 radical (unpaired) electrons. The molecule has 0 aromatic heterocycles. The highest BCUT2D eigenvalue weighted by Crippen LogP contribution is 2.20. The Kier molecular flexibility index (Phi) is 6.58. The third-order valence-electron chi connectivity index (χ3n) is 2.98. The van der Waals surface area contributed by atoms with Gasteiger partial charge < -0.3 is 10.4 Å². The Bertz CT molecular complexity index is 639. The summed E-state index contributed by atoms with van der Waals surface area (Å²) in [7, 11) is -3.71. The van der Waals surface area contributed by atoms with E-state index in [2.05, 4.69) is 16.6 Å². The van der Waals surface area contributed by atoms with Crippen molar-refractivity contribution < 1.29 is 18.3 Å². The Labute approximate surface area is 131 Å². The summed E-state index contributed by atoms with van der Waals surface area (Å²) in [6.07, 6.45) is 2.30. The maximum atomic E-state index is 12.2. The van der Waals surface area contributed by atoms with Gasteiger partial charge in [-0.15, -0.1) is 6.58 Å². The molecule has 0 amide bonds. The molecule has 7 heteroatoms. The largest absolute Gasteiger partial charge is 0.478 e. The highest BCUT2D eigenvalue weighted by molar-refractivity contribution is 7.89. The lowest BCUT2D eigenvalue weighted by Gasteiger charge is -2.12. The Hall–Kier alpha value is -1.86. The summed E-state index contributed by atoms with van der Waals surface area (Å²) in [5.74, 6) is -0.812. The molecule has 0 saturated carbocycles. The van der Waals surface area contributed by atoms with Crippen LogP contribution in [0.2, 0.25) is 0 Å². The zero-order valence-electron chi connectivity index (χ0n) is 12.8. The standard InChI is InChI=1S/C15H22N2O4S/c1-4-8-16-14-6-5-12(10-13(14)15(18)19)22(20,21)17-9-7-11(2)3/h4-6,10-11,16-17H,1,7-9H2,2-3H3,(H,18,19). The molecule has 3 N–H and O–H groups in total. The molecule has 0 aliphatic heterocycles. The molecule has 0 heterocycles. The maximum Gasteiger partial charge on any atom is 0.337 e. The second-order valence-corrected chi connectivity index (χ2v) is 7.03. The van der Waals surface area contributed by atoms with Crippen molar-refractivity contribution in [3.63, 3.8) is 0 Å². The van der Waals surface area contributed by atoms with Crippen LogP contribution in [-0.2, 0) is 10.0 Å². The molecule has 22 heavy (non-hydrogen) atoms. The molecule has 0 bridgehead atoms. The van der Waals surface area contributed by atoms with Gasteiger partial charge in [0.05, 0.1) is 10.5 Å². The molecule has 1 aromatic carbocycles. The van der Waals surface area contributed by atoms with Crippen LogP contribution in [0.1, 0.15) is 30.6 Å². The monoisotopic (exact) mass is 326 g/mol. The molecule has 0 atom stereocenters. The fourth-order valence-corrected chi connectivity index (χ4v) is 2.84. The van der Waals surface area contributed by atoms with E-state index in [-0.39, 0.29) is 10.5 Å². The van der Waals surface area contributed by atoms with Crippen LogP contribution in [-0.4, -0.2) is 32.6 Å². The van der Waals surface area contributed by atoms with Gasteiger partial charge in [0.15, 0.2) is 0 Å². The van der Waals surface area contributed by atoms with E-state index >= 15 is 0 Å². The summed E-state index contributed by atoms with van der Waals surface area (Å²) in [5, 5.41) is 12.1. The zero-order chi connectivity index (χ0) is 16.8. The van der Waals surface area contributed by atoms with Gasteiger partial charge in [0.1, 0.15) is 0 Å². The van der Waals surface area contributed by atoms with Crippen molar-refractivity contribution in [2.24, 2.45) is 5.92 Å². The van der Waals surface area contributed by atoms with Crippen molar-refractivity contribution in [1.82, 2.24) is 4.72 Å². The third kappa shape index (κ3) is 5.16. The van der Waals surface area contributed by atoms with E-state index in [0.717, 1.165) is 6.07 Å². The molecule has 0 fully saturated rings. The lowest BCUT2D eigenvalue weighted by atomic mass is 10.1. The van der Waals surface area contributed by atoms with Gasteiger partial charge in [-0.1, -0.05) is 19.9 Å². The number of nitrogens with one attached hydrogen (secondary N) is 2. The SMILES string of the molecule is C=CCNc1ccc(S(=O)(=O)NCCC(C)C)cc1C(=O)O. The Morgan fingerprint density at radius 1 is 1.41 bits per heavy atom. The van der Waals surface area contributed by atoms with Crippen molar-refractivity contribution in [3.8, 4) is 0 Å². The number of carbonyl (C=O) groups is 1. The average molecular weight is 326 g/mol. The first kappa shape index (κ1) is 18.2. The lowest BCUT2D eigenvalue weighted by molar-refractivity contribution is 0.0697. The first-order valence-corrected chi connectivity index (χ1v) is 8.48. The maximum absolute atomic E-state index is 12.2. The number of rotatable bonds is 9. The van der Waals surface area contributed by atoms with Crippen LogP contribution in [0.4, 0.5) is 5.69 Å². The molecule has 1 rings (SSSR count). The number of hydrogen-bond acceptors (Lipinski definition) is 4. The molecule has 6 nitrogen and oxygen atoms in total. The minimum absolute atomic E-state index is 0.0576. The van der Waals surface area contributed by atoms with Crippen molar-refractivity contribution in [1.29, 1.82) is 0 Å². The highest BCUT2D eigenvalue weighted by Gasteiger charge is 2.18. The fourth-order valence-electron chi connectivity index (χ4n) is 1.77. The summed E-state index contributed by atoms with van der Waals surface area (Å²) in [4.78, 5) is 11.2. The predicted molar refractivity (Wildman–Crippen MR) is 86.7 cm³/mol. The van der Waals surface area contributed by atoms with E-state index in [1.807, 2.05) is 13.8 Å². The number of anilines is 1. The van der Waals surface area contributed by atoms with E-state index < -0.39 is 16.0 Å². The summed E-state index contributed by atoms with van der Waals surface area (Å²) >= 11 is 0. The summed E-state index contributed by atoms with van der Waals surface area (Å²) in [6, 6.07) is 3.99. The smallest absolute Gasteiger partial charge is 0.337 e. The number of sulfonamides is 1. The minimum atomic E-state index is -3.71. The Morgan fingerprint density at radius 2 is 2.09 bits per heavy atom. The second-order valence-electron chi connectivity index (χ2n) is 5.26. The molecule has 1 aromatic rings. The van der Waals surface area contributed by atoms with Gasteiger partial charge in [-0.2, -0.15) is 0 Å². The normalized spacial score (nSPS) is 11.4. The molecule has 0 aliphatic rings. The van der Waals surface area contributed by atoms with Crippen molar-refractivity contribution >= 4 is 21.7 Å². The molecule has 0 saturated heterocycles. The van der Waals surface area contributed by atoms with Crippen molar-refractivity contribution in [2.45, 2.75) is 25.2 Å². The quantitative estimate of drug-likeness (QED) is 0.605. The average Bonchev–Trinajstić information content (AvgIpc) is 2.44. The van der Waals surface area contributed by atoms with Crippen LogP contribution in [0.5, 0.6) is 0 Å². The van der Waals surface area contributed by atoms with Crippen LogP contribution in [0, 0.1) is 5.92 Å². The van der Waals surface area contributed by atoms with Crippen molar-refractivity contribution in [2.75, 3.05) is 18.4 Å². The summed E-state index contributed by atoms with van der Waals surface area (Å²) < 4.78 is 26.8. The topological polar surface area (TPSA) is 95.5 Å². The summed E-state index contributed by atoms with van der Waals surface area (Å²) in [5.41, 5.74) is 0.266. The zero-order valence-corrected chi connectivity index (χ0v) is 13.6. The third-order valence-corrected chi connectivity index (χ3v) is 4.44. The number of aromatic carboxylic acids is 1. The van der Waals surface area contributed by atoms with Gasteiger partial charge in [-0.25, -0.2) is 17.9 Å². The van der Waals surface area contributed by atoms with Crippen LogP contribution < -0.4 is 10.0 Å². The molecule has 0 spiro atoms. The van der Waals surface area contributed by atoms with Crippen LogP contribution in [0.15, 0.2) is 35.7 Å². The van der Waals surface area contributed by atoms with Crippen molar-refractivity contribution in [3.05, 3.63) is 36.4 Å². The highest BCUT2D eigenvalue weighted by atomic mass is 32.2. The van der Waals surface area contributed by atoms with Gasteiger partial charge in [0.25, 0.3) is 0 Å². The first-order valence-electron chi connectivity index (χ1n) is 6.99.